The molecule has 0 spiro atoms. The third-order valence-electron chi connectivity index (χ3n) is 6.53. The zero-order valence-electron chi connectivity index (χ0n) is 20.3. The van der Waals surface area contributed by atoms with E-state index in [0.717, 1.165) is 44.1 Å². The number of ether oxygens (including phenoxy) is 3. The Bertz CT molecular complexity index is 748. The first-order valence-corrected chi connectivity index (χ1v) is 12.1. The lowest BCUT2D eigenvalue weighted by atomic mass is 9.79. The van der Waals surface area contributed by atoms with Crippen molar-refractivity contribution in [2.45, 2.75) is 90.3 Å². The molecule has 1 fully saturated rings. The molecule has 7 heteroatoms. The van der Waals surface area contributed by atoms with Crippen LogP contribution in [0.3, 0.4) is 0 Å². The third kappa shape index (κ3) is 9.62. The molecule has 0 aromatic heterocycles. The van der Waals surface area contributed by atoms with Crippen molar-refractivity contribution in [1.82, 2.24) is 0 Å². The summed E-state index contributed by atoms with van der Waals surface area (Å²) >= 11 is 0. The summed E-state index contributed by atoms with van der Waals surface area (Å²) in [5.41, 5.74) is 0.958. The van der Waals surface area contributed by atoms with Crippen molar-refractivity contribution < 1.29 is 34.0 Å². The summed E-state index contributed by atoms with van der Waals surface area (Å²) in [7, 11) is 1.50. The standard InChI is InChI=1S/C26H40O7/c1-18(28)32-23(11-9-21-10-12-24(30)26(16-21)31-3)17-25(33-19(2)29)22-8-6-4-5-7-20(15-22)13-14-27/h10,12,16,20,22-23,25,27,30H,4-9,11,13-15,17H2,1-3H3/t20-,22-,23-,25-/m1/s1. The maximum atomic E-state index is 11.9. The molecule has 4 atom stereocenters. The van der Waals surface area contributed by atoms with E-state index in [0.29, 0.717) is 30.9 Å². The van der Waals surface area contributed by atoms with Crippen LogP contribution in [0, 0.1) is 11.8 Å². The molecule has 0 unspecified atom stereocenters. The van der Waals surface area contributed by atoms with Gasteiger partial charge >= 0.3 is 11.9 Å². The Balaban J connectivity index is 2.14. The Morgan fingerprint density at radius 1 is 1.09 bits per heavy atom. The predicted octanol–water partition coefficient (Wildman–Crippen LogP) is 4.56. The first-order valence-electron chi connectivity index (χ1n) is 12.1. The van der Waals surface area contributed by atoms with Gasteiger partial charge in [0.15, 0.2) is 11.5 Å². The fourth-order valence-electron chi connectivity index (χ4n) is 4.94. The Morgan fingerprint density at radius 3 is 2.48 bits per heavy atom. The van der Waals surface area contributed by atoms with Crippen LogP contribution in [-0.4, -0.2) is 48.1 Å². The lowest BCUT2D eigenvalue weighted by Gasteiger charge is -2.33. The van der Waals surface area contributed by atoms with Crippen molar-refractivity contribution in [2.24, 2.45) is 11.8 Å². The number of aliphatic hydroxyl groups is 1. The van der Waals surface area contributed by atoms with Crippen LogP contribution < -0.4 is 4.74 Å². The van der Waals surface area contributed by atoms with Gasteiger partial charge in [-0.1, -0.05) is 31.7 Å². The van der Waals surface area contributed by atoms with Gasteiger partial charge in [0.1, 0.15) is 12.2 Å². The lowest BCUT2D eigenvalue weighted by molar-refractivity contribution is -0.156. The van der Waals surface area contributed by atoms with Gasteiger partial charge in [-0.3, -0.25) is 9.59 Å². The van der Waals surface area contributed by atoms with Crippen LogP contribution in [0.4, 0.5) is 0 Å². The predicted molar refractivity (Wildman–Crippen MR) is 125 cm³/mol. The number of hydrogen-bond donors (Lipinski definition) is 2. The summed E-state index contributed by atoms with van der Waals surface area (Å²) < 4.78 is 16.6. The smallest absolute Gasteiger partial charge is 0.302 e. The highest BCUT2D eigenvalue weighted by molar-refractivity contribution is 5.66. The minimum Gasteiger partial charge on any atom is -0.504 e. The number of aryl methyl sites for hydroxylation is 1. The molecule has 2 rings (SSSR count). The molecule has 7 nitrogen and oxygen atoms in total. The van der Waals surface area contributed by atoms with Gasteiger partial charge < -0.3 is 24.4 Å². The average Bonchev–Trinajstić information content (AvgIpc) is 2.73. The second kappa shape index (κ2) is 14.1. The van der Waals surface area contributed by atoms with Crippen LogP contribution in [0.25, 0.3) is 0 Å². The van der Waals surface area contributed by atoms with Gasteiger partial charge in [-0.15, -0.1) is 0 Å². The number of esters is 2. The number of methoxy groups -OCH3 is 1. The van der Waals surface area contributed by atoms with E-state index in [-0.39, 0.29) is 36.3 Å². The Morgan fingerprint density at radius 2 is 1.82 bits per heavy atom. The van der Waals surface area contributed by atoms with E-state index in [9.17, 15) is 19.8 Å². The van der Waals surface area contributed by atoms with Gasteiger partial charge in [-0.2, -0.15) is 0 Å². The average molecular weight is 465 g/mol. The number of rotatable bonds is 11. The van der Waals surface area contributed by atoms with Crippen LogP contribution in [-0.2, 0) is 25.5 Å². The number of hydrogen-bond acceptors (Lipinski definition) is 7. The van der Waals surface area contributed by atoms with Gasteiger partial charge in [0.2, 0.25) is 0 Å². The Hall–Kier alpha value is -2.28. The molecule has 1 aliphatic carbocycles. The van der Waals surface area contributed by atoms with Crippen molar-refractivity contribution >= 4 is 11.9 Å². The molecule has 1 saturated carbocycles. The summed E-state index contributed by atoms with van der Waals surface area (Å²) in [5.74, 6) is 0.382. The maximum Gasteiger partial charge on any atom is 0.302 e. The second-order valence-corrected chi connectivity index (χ2v) is 9.17. The van der Waals surface area contributed by atoms with E-state index in [2.05, 4.69) is 0 Å². The normalized spacial score (nSPS) is 20.7. The summed E-state index contributed by atoms with van der Waals surface area (Å²) in [4.78, 5) is 23.8. The molecule has 1 aromatic rings. The number of aliphatic hydroxyl groups excluding tert-OH is 1. The molecule has 186 valence electrons. The van der Waals surface area contributed by atoms with Crippen LogP contribution in [0.5, 0.6) is 11.5 Å². The largest absolute Gasteiger partial charge is 0.504 e. The minimum absolute atomic E-state index is 0.0782. The molecule has 1 aromatic carbocycles. The van der Waals surface area contributed by atoms with Crippen molar-refractivity contribution in [3.8, 4) is 11.5 Å². The highest BCUT2D eigenvalue weighted by Gasteiger charge is 2.31. The van der Waals surface area contributed by atoms with Crippen molar-refractivity contribution in [3.63, 3.8) is 0 Å². The van der Waals surface area contributed by atoms with Crippen LogP contribution >= 0.6 is 0 Å². The molecule has 0 radical (unpaired) electrons. The Labute approximate surface area is 197 Å². The fourth-order valence-corrected chi connectivity index (χ4v) is 4.94. The second-order valence-electron chi connectivity index (χ2n) is 9.17. The molecule has 2 N–H and O–H groups in total. The van der Waals surface area contributed by atoms with Gasteiger partial charge in [0, 0.05) is 26.9 Å². The van der Waals surface area contributed by atoms with Crippen LogP contribution in [0.1, 0.15) is 77.2 Å². The number of carbonyl (C=O) groups is 2. The number of aromatic hydroxyl groups is 1. The molecule has 0 amide bonds. The quantitative estimate of drug-likeness (QED) is 0.463. The topological polar surface area (TPSA) is 102 Å². The molecule has 1 aliphatic rings. The molecule has 0 saturated heterocycles. The van der Waals surface area contributed by atoms with Crippen molar-refractivity contribution in [2.75, 3.05) is 13.7 Å². The highest BCUT2D eigenvalue weighted by Crippen LogP contribution is 2.34. The number of phenols is 1. The molecular weight excluding hydrogens is 424 g/mol. The third-order valence-corrected chi connectivity index (χ3v) is 6.53. The number of phenolic OH excluding ortho intramolecular Hbond substituents is 1. The van der Waals surface area contributed by atoms with Gasteiger partial charge in [-0.05, 0) is 61.6 Å². The van der Waals surface area contributed by atoms with Gasteiger partial charge in [0.05, 0.1) is 7.11 Å². The summed E-state index contributed by atoms with van der Waals surface area (Å²) in [6.07, 6.45) is 8.01. The fraction of sp³-hybridized carbons (Fsp3) is 0.692. The van der Waals surface area contributed by atoms with E-state index < -0.39 is 6.10 Å². The molecule has 33 heavy (non-hydrogen) atoms. The zero-order valence-corrected chi connectivity index (χ0v) is 20.3. The monoisotopic (exact) mass is 464 g/mol. The van der Waals surface area contributed by atoms with Crippen LogP contribution in [0.2, 0.25) is 0 Å². The van der Waals surface area contributed by atoms with Crippen molar-refractivity contribution in [1.29, 1.82) is 0 Å². The summed E-state index contributed by atoms with van der Waals surface area (Å²) in [6, 6.07) is 5.19. The van der Waals surface area contributed by atoms with E-state index in [1.807, 2.05) is 6.07 Å². The first-order chi connectivity index (χ1) is 15.8. The zero-order chi connectivity index (χ0) is 24.2. The van der Waals surface area contributed by atoms with Gasteiger partial charge in [-0.25, -0.2) is 0 Å². The first kappa shape index (κ1) is 27.0. The van der Waals surface area contributed by atoms with E-state index in [1.165, 1.54) is 27.4 Å². The number of carbonyl (C=O) groups excluding carboxylic acids is 2. The molecule has 0 bridgehead atoms. The lowest BCUT2D eigenvalue weighted by Crippen LogP contribution is -2.34. The highest BCUT2D eigenvalue weighted by atomic mass is 16.6. The minimum atomic E-state index is -0.395. The molecular formula is C26H40O7. The van der Waals surface area contributed by atoms with Crippen LogP contribution in [0.15, 0.2) is 18.2 Å². The van der Waals surface area contributed by atoms with Gasteiger partial charge in [0.25, 0.3) is 0 Å². The SMILES string of the molecule is COc1cc(CC[C@H](C[C@@H](OC(C)=O)[C@@H]2CCCCC[C@H](CCO)C2)OC(C)=O)ccc1O. The number of benzene rings is 1. The van der Waals surface area contributed by atoms with E-state index in [1.54, 1.807) is 12.1 Å². The van der Waals surface area contributed by atoms with E-state index in [4.69, 9.17) is 14.2 Å². The Kier molecular flexibility index (Phi) is 11.5. The summed E-state index contributed by atoms with van der Waals surface area (Å²) in [5, 5.41) is 19.3. The van der Waals surface area contributed by atoms with E-state index >= 15 is 0 Å². The summed E-state index contributed by atoms with van der Waals surface area (Å²) in [6.45, 7) is 2.98. The molecule has 0 heterocycles. The maximum absolute atomic E-state index is 11.9. The molecule has 0 aliphatic heterocycles. The van der Waals surface area contributed by atoms with Crippen molar-refractivity contribution in [3.05, 3.63) is 23.8 Å².